The number of aromatic nitrogens is 1. The first-order valence-corrected chi connectivity index (χ1v) is 11.9. The fourth-order valence-corrected chi connectivity index (χ4v) is 5.35. The van der Waals surface area contributed by atoms with E-state index in [4.69, 9.17) is 4.74 Å². The number of methoxy groups -OCH3 is 1. The van der Waals surface area contributed by atoms with E-state index in [2.05, 4.69) is 20.9 Å². The molecule has 2 aromatic rings. The first kappa shape index (κ1) is 22.2. The predicted octanol–water partition coefficient (Wildman–Crippen LogP) is 5.28. The summed E-state index contributed by atoms with van der Waals surface area (Å²) in [6.45, 7) is 4.81. The van der Waals surface area contributed by atoms with E-state index in [-0.39, 0.29) is 5.82 Å². The van der Waals surface area contributed by atoms with Gasteiger partial charge in [0.15, 0.2) is 0 Å². The molecule has 0 spiro atoms. The Bertz CT molecular complexity index is 810. The van der Waals surface area contributed by atoms with Crippen LogP contribution in [0.1, 0.15) is 56.1 Å². The van der Waals surface area contributed by atoms with Crippen LogP contribution in [0.5, 0.6) is 5.75 Å². The maximum absolute atomic E-state index is 14.7. The molecule has 2 heterocycles. The molecule has 2 fully saturated rings. The third kappa shape index (κ3) is 6.27. The Morgan fingerprint density at radius 2 is 1.97 bits per heavy atom. The number of pyridine rings is 1. The van der Waals surface area contributed by atoms with Gasteiger partial charge in [-0.25, -0.2) is 4.39 Å². The van der Waals surface area contributed by atoms with Crippen LogP contribution in [0.25, 0.3) is 0 Å². The monoisotopic (exact) mass is 425 g/mol. The van der Waals surface area contributed by atoms with E-state index in [1.807, 2.05) is 24.4 Å². The maximum Gasteiger partial charge on any atom is 0.131 e. The zero-order valence-electron chi connectivity index (χ0n) is 18.8. The molecule has 4 nitrogen and oxygen atoms in total. The summed E-state index contributed by atoms with van der Waals surface area (Å²) in [5.74, 6) is 1.01. The summed E-state index contributed by atoms with van der Waals surface area (Å²) in [7, 11) is 1.57. The Morgan fingerprint density at radius 3 is 2.71 bits per heavy atom. The van der Waals surface area contributed by atoms with Gasteiger partial charge in [0.1, 0.15) is 11.6 Å². The molecule has 1 aromatic heterocycles. The van der Waals surface area contributed by atoms with E-state index in [1.54, 1.807) is 13.3 Å². The minimum atomic E-state index is -0.192. The van der Waals surface area contributed by atoms with Crippen molar-refractivity contribution in [1.29, 1.82) is 0 Å². The van der Waals surface area contributed by atoms with Crippen LogP contribution in [-0.4, -0.2) is 47.6 Å². The molecular formula is C26H36FN3O. The van der Waals surface area contributed by atoms with Crippen molar-refractivity contribution in [2.45, 2.75) is 64.1 Å². The van der Waals surface area contributed by atoms with Gasteiger partial charge in [-0.05, 0) is 55.8 Å². The average molecular weight is 426 g/mol. The molecule has 1 aliphatic heterocycles. The second-order valence-electron chi connectivity index (χ2n) is 9.28. The summed E-state index contributed by atoms with van der Waals surface area (Å²) in [6.07, 6.45) is 13.2. The molecule has 1 aliphatic carbocycles. The van der Waals surface area contributed by atoms with Gasteiger partial charge in [0.25, 0.3) is 0 Å². The highest BCUT2D eigenvalue weighted by molar-refractivity contribution is 5.29. The highest BCUT2D eigenvalue weighted by Crippen LogP contribution is 2.28. The maximum atomic E-state index is 14.7. The third-order valence-electron chi connectivity index (χ3n) is 6.94. The highest BCUT2D eigenvalue weighted by atomic mass is 19.1. The quantitative estimate of drug-likeness (QED) is 0.576. The average Bonchev–Trinajstić information content (AvgIpc) is 2.82. The van der Waals surface area contributed by atoms with Crippen molar-refractivity contribution in [3.63, 3.8) is 0 Å². The Hall–Kier alpha value is -1.98. The van der Waals surface area contributed by atoms with Crippen LogP contribution in [-0.2, 0) is 13.1 Å². The fraction of sp³-hybridized carbons (Fsp3) is 0.577. The lowest BCUT2D eigenvalue weighted by molar-refractivity contribution is 0.0769. The van der Waals surface area contributed by atoms with E-state index < -0.39 is 0 Å². The van der Waals surface area contributed by atoms with Gasteiger partial charge in [-0.1, -0.05) is 31.4 Å². The van der Waals surface area contributed by atoms with E-state index in [9.17, 15) is 4.39 Å². The molecule has 31 heavy (non-hydrogen) atoms. The van der Waals surface area contributed by atoms with Crippen LogP contribution in [0.4, 0.5) is 4.39 Å². The Kier molecular flexibility index (Phi) is 7.92. The Morgan fingerprint density at radius 1 is 1.10 bits per heavy atom. The lowest BCUT2D eigenvalue weighted by Crippen LogP contribution is -2.46. The van der Waals surface area contributed by atoms with E-state index in [0.717, 1.165) is 24.7 Å². The Balaban J connectivity index is 1.44. The van der Waals surface area contributed by atoms with Crippen molar-refractivity contribution >= 4 is 0 Å². The molecule has 2 aliphatic rings. The Labute approximate surface area is 186 Å². The molecule has 0 N–H and O–H groups in total. The zero-order chi connectivity index (χ0) is 21.5. The minimum absolute atomic E-state index is 0.192. The molecule has 1 atom stereocenters. The van der Waals surface area contributed by atoms with Crippen LogP contribution in [0, 0.1) is 11.7 Å². The van der Waals surface area contributed by atoms with Gasteiger partial charge in [-0.15, -0.1) is 0 Å². The van der Waals surface area contributed by atoms with Gasteiger partial charge in [0.2, 0.25) is 0 Å². The standard InChI is InChI=1S/C26H36FN3O/c1-31-25-12-11-23(26(27)15-25)20-29(17-21-7-5-13-28-16-21)18-22-8-6-14-30(19-22)24-9-3-2-4-10-24/h5,7,11-13,15-16,22,24H,2-4,6,8-10,14,17-20H2,1H3/t22-/m1/s1. The van der Waals surface area contributed by atoms with Gasteiger partial charge >= 0.3 is 0 Å². The molecule has 1 saturated carbocycles. The summed E-state index contributed by atoms with van der Waals surface area (Å²) < 4.78 is 19.9. The molecule has 0 bridgehead atoms. The number of piperidine rings is 1. The first-order valence-electron chi connectivity index (χ1n) is 11.9. The third-order valence-corrected chi connectivity index (χ3v) is 6.94. The van der Waals surface area contributed by atoms with Crippen molar-refractivity contribution in [3.8, 4) is 5.75 Å². The summed E-state index contributed by atoms with van der Waals surface area (Å²) in [4.78, 5) is 9.43. The van der Waals surface area contributed by atoms with Crippen LogP contribution < -0.4 is 4.74 Å². The van der Waals surface area contributed by atoms with E-state index in [1.165, 1.54) is 69.7 Å². The molecule has 1 aromatic carbocycles. The highest BCUT2D eigenvalue weighted by Gasteiger charge is 2.28. The number of benzene rings is 1. The summed E-state index contributed by atoms with van der Waals surface area (Å²) in [5, 5.41) is 0. The van der Waals surface area contributed by atoms with E-state index >= 15 is 0 Å². The molecule has 4 rings (SSSR count). The molecular weight excluding hydrogens is 389 g/mol. The van der Waals surface area contributed by atoms with E-state index in [0.29, 0.717) is 18.2 Å². The number of hydrogen-bond acceptors (Lipinski definition) is 4. The normalized spacial score (nSPS) is 20.8. The zero-order valence-corrected chi connectivity index (χ0v) is 18.8. The van der Waals surface area contributed by atoms with Crippen molar-refractivity contribution in [2.24, 2.45) is 5.92 Å². The molecule has 0 amide bonds. The minimum Gasteiger partial charge on any atom is -0.497 e. The largest absolute Gasteiger partial charge is 0.497 e. The van der Waals surface area contributed by atoms with Crippen LogP contribution >= 0.6 is 0 Å². The smallest absolute Gasteiger partial charge is 0.131 e. The second-order valence-corrected chi connectivity index (χ2v) is 9.28. The second kappa shape index (κ2) is 11.1. The van der Waals surface area contributed by atoms with Crippen molar-refractivity contribution in [3.05, 3.63) is 59.7 Å². The lowest BCUT2D eigenvalue weighted by Gasteiger charge is -2.41. The first-order chi connectivity index (χ1) is 15.2. The number of likely N-dealkylation sites (tertiary alicyclic amines) is 1. The topological polar surface area (TPSA) is 28.6 Å². The SMILES string of the molecule is COc1ccc(CN(Cc2cccnc2)C[C@H]2CCCN(C3CCCCC3)C2)c(F)c1. The number of halogens is 1. The van der Waals surface area contributed by atoms with Gasteiger partial charge in [-0.3, -0.25) is 9.88 Å². The number of ether oxygens (including phenoxy) is 1. The summed E-state index contributed by atoms with van der Waals surface area (Å²) >= 11 is 0. The van der Waals surface area contributed by atoms with Gasteiger partial charge < -0.3 is 9.64 Å². The lowest BCUT2D eigenvalue weighted by atomic mass is 9.90. The predicted molar refractivity (Wildman–Crippen MR) is 122 cm³/mol. The summed E-state index contributed by atoms with van der Waals surface area (Å²) in [5.41, 5.74) is 1.90. The van der Waals surface area contributed by atoms with Gasteiger partial charge in [-0.2, -0.15) is 0 Å². The molecule has 5 heteroatoms. The van der Waals surface area contributed by atoms with Crippen LogP contribution in [0.2, 0.25) is 0 Å². The van der Waals surface area contributed by atoms with Gasteiger partial charge in [0, 0.05) is 56.2 Å². The molecule has 0 radical (unpaired) electrons. The number of hydrogen-bond donors (Lipinski definition) is 0. The molecule has 168 valence electrons. The molecule has 1 saturated heterocycles. The number of nitrogens with zero attached hydrogens (tertiary/aromatic N) is 3. The summed E-state index contributed by atoms with van der Waals surface area (Å²) in [6, 6.07) is 10.1. The van der Waals surface area contributed by atoms with Crippen molar-refractivity contribution in [1.82, 2.24) is 14.8 Å². The van der Waals surface area contributed by atoms with Crippen molar-refractivity contribution in [2.75, 3.05) is 26.7 Å². The fourth-order valence-electron chi connectivity index (χ4n) is 5.35. The van der Waals surface area contributed by atoms with Crippen molar-refractivity contribution < 1.29 is 9.13 Å². The van der Waals surface area contributed by atoms with Crippen LogP contribution in [0.15, 0.2) is 42.7 Å². The van der Waals surface area contributed by atoms with Crippen LogP contribution in [0.3, 0.4) is 0 Å². The number of rotatable bonds is 8. The van der Waals surface area contributed by atoms with Gasteiger partial charge in [0.05, 0.1) is 7.11 Å². The molecule has 0 unspecified atom stereocenters.